The summed E-state index contributed by atoms with van der Waals surface area (Å²) in [6, 6.07) is 0.269. The molecule has 0 radical (unpaired) electrons. The Balaban J connectivity index is 0.00000187. The molecule has 15 nitrogen and oxygen atoms in total. The Bertz CT molecular complexity index is 1060. The standard InChI is InChI=1S/C16H20N6O9.C2H6/c1-7-9(21(2)11-8-3-4-18-10(8)19-6-20-11)15(28,29)22(12(23)13(24,25)5-17)16(30,31)14(7,26)27;1-2/h3-4,6-7,9,24-31H,1-2H3,(H,18,19,20);1-2H3/t7-,9+;/m0./s1. The van der Waals surface area contributed by atoms with Crippen molar-refractivity contribution in [2.75, 3.05) is 11.9 Å². The second-order valence-electron chi connectivity index (χ2n) is 7.26. The number of amides is 1. The highest BCUT2D eigenvalue weighted by Crippen LogP contribution is 2.46. The summed E-state index contributed by atoms with van der Waals surface area (Å²) in [5.41, 5.74) is 0.321. The Kier molecular flexibility index (Phi) is 6.73. The quantitative estimate of drug-likeness (QED) is 0.156. The first-order valence-corrected chi connectivity index (χ1v) is 9.68. The number of aromatic nitrogens is 3. The topological polar surface area (TPSA) is 251 Å². The Morgan fingerprint density at radius 2 is 1.79 bits per heavy atom. The van der Waals surface area contributed by atoms with Gasteiger partial charge in [0.05, 0.1) is 5.39 Å². The molecule has 0 spiro atoms. The molecule has 9 N–H and O–H groups in total. The molecule has 0 saturated carbocycles. The van der Waals surface area contributed by atoms with Crippen molar-refractivity contribution < 1.29 is 45.6 Å². The fourth-order valence-corrected chi connectivity index (χ4v) is 3.75. The van der Waals surface area contributed by atoms with Gasteiger partial charge in [0.1, 0.15) is 29.9 Å². The summed E-state index contributed by atoms with van der Waals surface area (Å²) in [6.07, 6.45) is 2.60. The highest BCUT2D eigenvalue weighted by Gasteiger charge is 2.74. The largest absolute Gasteiger partial charge is 0.360 e. The maximum atomic E-state index is 12.4. The van der Waals surface area contributed by atoms with Crippen LogP contribution in [0.4, 0.5) is 5.82 Å². The predicted octanol–water partition coefficient (Wildman–Crippen LogP) is -3.57. The summed E-state index contributed by atoms with van der Waals surface area (Å²) >= 11 is 0. The van der Waals surface area contributed by atoms with E-state index in [1.54, 1.807) is 0 Å². The molecular weight excluding hydrogens is 444 g/mol. The van der Waals surface area contributed by atoms with E-state index in [2.05, 4.69) is 15.0 Å². The van der Waals surface area contributed by atoms with Gasteiger partial charge in [0.15, 0.2) is 0 Å². The van der Waals surface area contributed by atoms with Crippen LogP contribution in [0.3, 0.4) is 0 Å². The van der Waals surface area contributed by atoms with Crippen molar-refractivity contribution in [3.63, 3.8) is 0 Å². The number of aliphatic hydroxyl groups is 8. The van der Waals surface area contributed by atoms with Gasteiger partial charge in [-0.3, -0.25) is 4.79 Å². The number of carbonyl (C=O) groups is 1. The van der Waals surface area contributed by atoms with E-state index >= 15 is 0 Å². The van der Waals surface area contributed by atoms with Crippen molar-refractivity contribution in [1.29, 1.82) is 5.26 Å². The van der Waals surface area contributed by atoms with Gasteiger partial charge < -0.3 is 50.7 Å². The summed E-state index contributed by atoms with van der Waals surface area (Å²) in [4.78, 5) is 23.4. The lowest BCUT2D eigenvalue weighted by Gasteiger charge is -2.59. The SMILES string of the molecule is CC.C[C@H]1[C@@H](N(C)c2ncnc3[nH]ccc23)C(O)(O)N(C(=O)C(O)(O)C#N)C(O)(O)C1(O)O. The maximum Gasteiger partial charge on any atom is 0.336 e. The van der Waals surface area contributed by atoms with Crippen LogP contribution >= 0.6 is 0 Å². The molecular formula is C18H26N6O9. The van der Waals surface area contributed by atoms with Crippen LogP contribution in [0, 0.1) is 17.2 Å². The number of hydrogen-bond acceptors (Lipinski definition) is 13. The number of fused-ring (bicyclic) bond motifs is 1. The van der Waals surface area contributed by atoms with Gasteiger partial charge in [0, 0.05) is 19.2 Å². The van der Waals surface area contributed by atoms with E-state index < -0.39 is 46.2 Å². The third-order valence-electron chi connectivity index (χ3n) is 5.38. The van der Waals surface area contributed by atoms with Crippen LogP contribution in [-0.2, 0) is 4.79 Å². The van der Waals surface area contributed by atoms with E-state index in [0.29, 0.717) is 11.0 Å². The molecule has 0 aromatic carbocycles. The van der Waals surface area contributed by atoms with E-state index in [9.17, 15) is 45.6 Å². The van der Waals surface area contributed by atoms with Crippen LogP contribution in [0.2, 0.25) is 0 Å². The third kappa shape index (κ3) is 3.78. The van der Waals surface area contributed by atoms with Gasteiger partial charge >= 0.3 is 17.6 Å². The molecule has 15 heteroatoms. The van der Waals surface area contributed by atoms with Crippen molar-refractivity contribution in [2.24, 2.45) is 5.92 Å². The summed E-state index contributed by atoms with van der Waals surface area (Å²) in [5.74, 6) is -19.7. The average molecular weight is 470 g/mol. The second-order valence-corrected chi connectivity index (χ2v) is 7.26. The first kappa shape index (κ1) is 26.3. The molecule has 1 aliphatic heterocycles. The lowest BCUT2D eigenvalue weighted by Crippen LogP contribution is -2.86. The molecule has 33 heavy (non-hydrogen) atoms. The molecule has 2 atom stereocenters. The monoisotopic (exact) mass is 470 g/mol. The average Bonchev–Trinajstić information content (AvgIpc) is 3.22. The summed E-state index contributed by atoms with van der Waals surface area (Å²) in [5, 5.41) is 91.2. The zero-order valence-electron chi connectivity index (χ0n) is 18.1. The molecule has 182 valence electrons. The van der Waals surface area contributed by atoms with Crippen LogP contribution < -0.4 is 4.90 Å². The van der Waals surface area contributed by atoms with E-state index in [-0.39, 0.29) is 5.82 Å². The van der Waals surface area contributed by atoms with Crippen molar-refractivity contribution >= 4 is 22.8 Å². The molecule has 2 aromatic heterocycles. The number of nitrogens with one attached hydrogen (secondary N) is 1. The predicted molar refractivity (Wildman–Crippen MR) is 108 cm³/mol. The minimum atomic E-state index is -4.17. The molecule has 1 aliphatic rings. The zero-order chi connectivity index (χ0) is 25.6. The molecule has 3 rings (SSSR count). The summed E-state index contributed by atoms with van der Waals surface area (Å²) in [6.45, 7) is 5.00. The fraction of sp³-hybridized carbons (Fsp3) is 0.556. The van der Waals surface area contributed by atoms with Crippen LogP contribution in [0.1, 0.15) is 20.8 Å². The van der Waals surface area contributed by atoms with E-state index in [0.717, 1.165) is 24.2 Å². The molecule has 1 amide bonds. The molecule has 1 fully saturated rings. The number of nitriles is 1. The number of aromatic amines is 1. The molecule has 0 bridgehead atoms. The number of piperidine rings is 1. The lowest BCUT2D eigenvalue weighted by molar-refractivity contribution is -0.497. The van der Waals surface area contributed by atoms with Crippen molar-refractivity contribution in [1.82, 2.24) is 19.9 Å². The Morgan fingerprint density at radius 3 is 2.33 bits per heavy atom. The first-order valence-electron chi connectivity index (χ1n) is 9.68. The molecule has 0 unspecified atom stereocenters. The Labute approximate surface area is 187 Å². The number of carbonyl (C=O) groups excluding carboxylic acids is 1. The summed E-state index contributed by atoms with van der Waals surface area (Å²) in [7, 11) is 1.22. The van der Waals surface area contributed by atoms with Crippen LogP contribution in [0.15, 0.2) is 18.6 Å². The number of nitrogens with zero attached hydrogens (tertiary/aromatic N) is 5. The highest BCUT2D eigenvalue weighted by atomic mass is 16.6. The number of anilines is 1. The van der Waals surface area contributed by atoms with Gasteiger partial charge in [-0.05, 0) is 6.07 Å². The van der Waals surface area contributed by atoms with Gasteiger partial charge in [0.25, 0.3) is 5.91 Å². The molecule has 2 aromatic rings. The minimum absolute atomic E-state index is 0.00157. The van der Waals surface area contributed by atoms with Crippen LogP contribution in [0.5, 0.6) is 0 Å². The van der Waals surface area contributed by atoms with Gasteiger partial charge in [-0.1, -0.05) is 20.8 Å². The van der Waals surface area contributed by atoms with Crippen molar-refractivity contribution in [3.8, 4) is 6.07 Å². The molecule has 0 aliphatic carbocycles. The van der Waals surface area contributed by atoms with Gasteiger partial charge in [-0.25, -0.2) is 14.9 Å². The smallest absolute Gasteiger partial charge is 0.336 e. The number of H-pyrrole nitrogens is 1. The summed E-state index contributed by atoms with van der Waals surface area (Å²) < 4.78 is 0. The third-order valence-corrected chi connectivity index (χ3v) is 5.38. The maximum absolute atomic E-state index is 12.4. The van der Waals surface area contributed by atoms with E-state index in [1.807, 2.05) is 13.8 Å². The van der Waals surface area contributed by atoms with Gasteiger partial charge in [0.2, 0.25) is 5.79 Å². The minimum Gasteiger partial charge on any atom is -0.360 e. The zero-order valence-corrected chi connectivity index (χ0v) is 18.1. The molecule has 1 saturated heterocycles. The van der Waals surface area contributed by atoms with Crippen LogP contribution in [-0.4, -0.2) is 103 Å². The molecule has 3 heterocycles. The first-order chi connectivity index (χ1) is 15.1. The van der Waals surface area contributed by atoms with Crippen LogP contribution in [0.25, 0.3) is 11.0 Å². The van der Waals surface area contributed by atoms with Gasteiger partial charge in [-0.15, -0.1) is 0 Å². The second kappa shape index (κ2) is 8.44. The normalized spacial score (nSPS) is 23.3. The Morgan fingerprint density at radius 1 is 1.21 bits per heavy atom. The highest BCUT2D eigenvalue weighted by molar-refractivity contribution is 5.88. The fourth-order valence-electron chi connectivity index (χ4n) is 3.75. The van der Waals surface area contributed by atoms with Crippen molar-refractivity contribution in [3.05, 3.63) is 18.6 Å². The Hall–Kier alpha value is -2.94. The lowest BCUT2D eigenvalue weighted by atomic mass is 9.80. The van der Waals surface area contributed by atoms with Gasteiger partial charge in [-0.2, -0.15) is 5.26 Å². The van der Waals surface area contributed by atoms with E-state index in [4.69, 9.17) is 5.26 Å². The van der Waals surface area contributed by atoms with E-state index in [1.165, 1.54) is 19.3 Å². The number of likely N-dealkylation sites (N-methyl/N-ethyl adjacent to an activating group) is 1. The number of rotatable bonds is 3. The number of likely N-dealkylation sites (tertiary alicyclic amines) is 1. The van der Waals surface area contributed by atoms with Crippen molar-refractivity contribution in [2.45, 2.75) is 50.2 Å². The number of hydrogen-bond donors (Lipinski definition) is 9.